The Hall–Kier alpha value is -2.85. The van der Waals surface area contributed by atoms with Crippen molar-refractivity contribution in [2.75, 3.05) is 7.05 Å². The van der Waals surface area contributed by atoms with E-state index in [0.29, 0.717) is 25.4 Å². The van der Waals surface area contributed by atoms with Crippen LogP contribution in [-0.2, 0) is 17.9 Å². The van der Waals surface area contributed by atoms with E-state index in [2.05, 4.69) is 24.3 Å². The Morgan fingerprint density at radius 3 is 2.63 bits per heavy atom. The molecule has 1 aliphatic rings. The Bertz CT molecular complexity index is 1040. The molecule has 154 valence electrons. The average Bonchev–Trinajstić information content (AvgIpc) is 3.40. The van der Waals surface area contributed by atoms with E-state index in [1.807, 2.05) is 65.3 Å². The predicted molar refractivity (Wildman–Crippen MR) is 121 cm³/mol. The summed E-state index contributed by atoms with van der Waals surface area (Å²) in [6.07, 6.45) is 9.10. The van der Waals surface area contributed by atoms with Crippen LogP contribution in [0, 0.1) is 5.92 Å². The van der Waals surface area contributed by atoms with Crippen molar-refractivity contribution in [3.05, 3.63) is 89.1 Å². The van der Waals surface area contributed by atoms with Crippen molar-refractivity contribution >= 4 is 17.5 Å². The van der Waals surface area contributed by atoms with Crippen LogP contribution >= 0.6 is 11.6 Å². The first-order chi connectivity index (χ1) is 14.6. The zero-order chi connectivity index (χ0) is 20.9. The zero-order valence-electron chi connectivity index (χ0n) is 17.2. The lowest BCUT2D eigenvalue weighted by atomic mass is 10.0. The fourth-order valence-electron chi connectivity index (χ4n) is 3.89. The fourth-order valence-corrected chi connectivity index (χ4v) is 4.08. The molecule has 1 atom stereocenters. The highest BCUT2D eigenvalue weighted by molar-refractivity contribution is 6.31. The SMILES string of the molecule is CN(Cc1cn(Cc2ccccc2Cl)nc1-c1ccccc1)C(=O)C[C@@H]1C=CCC1. The van der Waals surface area contributed by atoms with Gasteiger partial charge in [-0.15, -0.1) is 0 Å². The highest BCUT2D eigenvalue weighted by Gasteiger charge is 2.20. The first-order valence-electron chi connectivity index (χ1n) is 10.4. The van der Waals surface area contributed by atoms with E-state index in [1.165, 1.54) is 0 Å². The van der Waals surface area contributed by atoms with Gasteiger partial charge in [0.05, 0.1) is 12.2 Å². The average molecular weight is 420 g/mol. The zero-order valence-corrected chi connectivity index (χ0v) is 17.9. The van der Waals surface area contributed by atoms with Gasteiger partial charge in [-0.3, -0.25) is 9.48 Å². The van der Waals surface area contributed by atoms with Crippen LogP contribution in [0.5, 0.6) is 0 Å². The first-order valence-corrected chi connectivity index (χ1v) is 10.7. The molecule has 0 radical (unpaired) electrons. The number of hydrogen-bond donors (Lipinski definition) is 0. The standard InChI is InChI=1S/C25H26ClN3O/c1-28(24(30)15-19-9-5-6-10-19)16-22-18-29(17-21-13-7-8-14-23(21)26)27-25(22)20-11-3-2-4-12-20/h2-5,7-9,11-14,18-19H,6,10,15-17H2,1H3/t19-/m1/s1. The minimum Gasteiger partial charge on any atom is -0.341 e. The van der Waals surface area contributed by atoms with Crippen LogP contribution in [0.15, 0.2) is 72.9 Å². The lowest BCUT2D eigenvalue weighted by Gasteiger charge is -2.19. The molecule has 5 heteroatoms. The predicted octanol–water partition coefficient (Wildman–Crippen LogP) is 5.57. The number of amides is 1. The quantitative estimate of drug-likeness (QED) is 0.470. The molecule has 2 aromatic carbocycles. The topological polar surface area (TPSA) is 38.1 Å². The number of halogens is 1. The molecule has 0 fully saturated rings. The molecule has 1 heterocycles. The fraction of sp³-hybridized carbons (Fsp3) is 0.280. The smallest absolute Gasteiger partial charge is 0.223 e. The maximum atomic E-state index is 12.7. The van der Waals surface area contributed by atoms with Gasteiger partial charge in [-0.25, -0.2) is 0 Å². The van der Waals surface area contributed by atoms with Gasteiger partial charge in [0, 0.05) is 42.4 Å². The summed E-state index contributed by atoms with van der Waals surface area (Å²) in [5.74, 6) is 0.543. The molecular formula is C25H26ClN3O. The van der Waals surface area contributed by atoms with E-state index < -0.39 is 0 Å². The summed E-state index contributed by atoms with van der Waals surface area (Å²) in [6.45, 7) is 1.12. The maximum Gasteiger partial charge on any atom is 0.223 e. The van der Waals surface area contributed by atoms with Crippen molar-refractivity contribution in [1.29, 1.82) is 0 Å². The summed E-state index contributed by atoms with van der Waals surface area (Å²) in [5.41, 5.74) is 4.00. The van der Waals surface area contributed by atoms with E-state index >= 15 is 0 Å². The number of carbonyl (C=O) groups is 1. The third-order valence-corrected chi connectivity index (χ3v) is 5.93. The summed E-state index contributed by atoms with van der Waals surface area (Å²) >= 11 is 6.35. The van der Waals surface area contributed by atoms with Gasteiger partial charge in [-0.05, 0) is 30.4 Å². The molecule has 0 spiro atoms. The Morgan fingerprint density at radius 1 is 1.13 bits per heavy atom. The molecule has 4 nitrogen and oxygen atoms in total. The van der Waals surface area contributed by atoms with Gasteiger partial charge in [0.25, 0.3) is 0 Å². The van der Waals surface area contributed by atoms with Gasteiger partial charge in [-0.1, -0.05) is 72.3 Å². The molecule has 0 bridgehead atoms. The number of aromatic nitrogens is 2. The van der Waals surface area contributed by atoms with Crippen molar-refractivity contribution in [3.8, 4) is 11.3 Å². The second-order valence-electron chi connectivity index (χ2n) is 7.88. The summed E-state index contributed by atoms with van der Waals surface area (Å²) < 4.78 is 1.91. The number of rotatable bonds is 7. The summed E-state index contributed by atoms with van der Waals surface area (Å²) in [5, 5.41) is 5.57. The lowest BCUT2D eigenvalue weighted by molar-refractivity contribution is -0.131. The van der Waals surface area contributed by atoms with Crippen LogP contribution in [0.1, 0.15) is 30.4 Å². The molecule has 0 N–H and O–H groups in total. The van der Waals surface area contributed by atoms with E-state index in [4.69, 9.17) is 16.7 Å². The Labute approximate surface area is 182 Å². The molecule has 1 amide bonds. The summed E-state index contributed by atoms with van der Waals surface area (Å²) in [4.78, 5) is 14.6. The molecule has 0 saturated heterocycles. The van der Waals surface area contributed by atoms with Gasteiger partial charge in [0.2, 0.25) is 5.91 Å². The van der Waals surface area contributed by atoms with Crippen molar-refractivity contribution in [1.82, 2.24) is 14.7 Å². The molecule has 3 aromatic rings. The Balaban J connectivity index is 1.57. The second kappa shape index (κ2) is 9.31. The molecule has 1 aliphatic carbocycles. The normalized spacial score (nSPS) is 15.5. The van der Waals surface area contributed by atoms with E-state index in [1.54, 1.807) is 0 Å². The van der Waals surface area contributed by atoms with Crippen LogP contribution in [0.3, 0.4) is 0 Å². The van der Waals surface area contributed by atoms with Crippen LogP contribution in [0.4, 0.5) is 0 Å². The number of benzene rings is 2. The number of hydrogen-bond acceptors (Lipinski definition) is 2. The van der Waals surface area contributed by atoms with Crippen molar-refractivity contribution in [2.45, 2.75) is 32.4 Å². The minimum absolute atomic E-state index is 0.171. The number of allylic oxidation sites excluding steroid dienone is 2. The van der Waals surface area contributed by atoms with Gasteiger partial charge < -0.3 is 4.90 Å². The molecule has 1 aromatic heterocycles. The van der Waals surface area contributed by atoms with Gasteiger partial charge in [0.15, 0.2) is 0 Å². The third-order valence-electron chi connectivity index (χ3n) is 5.56. The number of nitrogens with zero attached hydrogens (tertiary/aromatic N) is 3. The highest BCUT2D eigenvalue weighted by Crippen LogP contribution is 2.26. The Kier molecular flexibility index (Phi) is 6.34. The molecule has 0 unspecified atom stereocenters. The van der Waals surface area contributed by atoms with Crippen LogP contribution in [0.2, 0.25) is 5.02 Å². The van der Waals surface area contributed by atoms with E-state index in [9.17, 15) is 4.79 Å². The monoisotopic (exact) mass is 419 g/mol. The number of carbonyl (C=O) groups excluding carboxylic acids is 1. The molecule has 30 heavy (non-hydrogen) atoms. The van der Waals surface area contributed by atoms with E-state index in [-0.39, 0.29) is 5.91 Å². The summed E-state index contributed by atoms with van der Waals surface area (Å²) in [7, 11) is 1.88. The van der Waals surface area contributed by atoms with Crippen molar-refractivity contribution in [2.24, 2.45) is 5.92 Å². The minimum atomic E-state index is 0.171. The molecule has 0 aliphatic heterocycles. The summed E-state index contributed by atoms with van der Waals surface area (Å²) in [6, 6.07) is 17.9. The molecular weight excluding hydrogens is 394 g/mol. The molecule has 0 saturated carbocycles. The maximum absolute atomic E-state index is 12.7. The second-order valence-corrected chi connectivity index (χ2v) is 8.28. The van der Waals surface area contributed by atoms with Crippen molar-refractivity contribution < 1.29 is 4.79 Å². The molecule has 4 rings (SSSR count). The van der Waals surface area contributed by atoms with Gasteiger partial charge >= 0.3 is 0 Å². The van der Waals surface area contributed by atoms with Crippen LogP contribution in [0.25, 0.3) is 11.3 Å². The van der Waals surface area contributed by atoms with E-state index in [0.717, 1.165) is 40.2 Å². The third kappa shape index (κ3) is 4.82. The Morgan fingerprint density at radius 2 is 1.90 bits per heavy atom. The van der Waals surface area contributed by atoms with Crippen molar-refractivity contribution in [3.63, 3.8) is 0 Å². The largest absolute Gasteiger partial charge is 0.341 e. The van der Waals surface area contributed by atoms with Gasteiger partial charge in [-0.2, -0.15) is 5.10 Å². The first kappa shape index (κ1) is 20.4. The van der Waals surface area contributed by atoms with Crippen LogP contribution in [-0.4, -0.2) is 27.6 Å². The van der Waals surface area contributed by atoms with Gasteiger partial charge in [0.1, 0.15) is 0 Å². The lowest BCUT2D eigenvalue weighted by Crippen LogP contribution is -2.27. The highest BCUT2D eigenvalue weighted by atomic mass is 35.5. The van der Waals surface area contributed by atoms with Crippen LogP contribution < -0.4 is 0 Å².